The zero-order chi connectivity index (χ0) is 13.1. The van der Waals surface area contributed by atoms with Crippen molar-refractivity contribution >= 4 is 17.4 Å². The SMILES string of the molecule is Cc1cc(CNc2cncc(Cl)n2)cc(C)c1F. The van der Waals surface area contributed by atoms with Crippen molar-refractivity contribution in [2.24, 2.45) is 0 Å². The molecule has 1 aromatic carbocycles. The predicted octanol–water partition coefficient (Wildman–Crippen LogP) is 3.50. The van der Waals surface area contributed by atoms with Gasteiger partial charge in [-0.15, -0.1) is 0 Å². The van der Waals surface area contributed by atoms with Crippen LogP contribution >= 0.6 is 11.6 Å². The first-order valence-corrected chi connectivity index (χ1v) is 5.91. The van der Waals surface area contributed by atoms with Crippen LogP contribution in [0.25, 0.3) is 0 Å². The van der Waals surface area contributed by atoms with Crippen molar-refractivity contribution in [3.8, 4) is 0 Å². The summed E-state index contributed by atoms with van der Waals surface area (Å²) >= 11 is 5.73. The number of nitrogens with zero attached hydrogens (tertiary/aromatic N) is 2. The number of aryl methyl sites for hydroxylation is 2. The van der Waals surface area contributed by atoms with E-state index in [0.717, 1.165) is 5.56 Å². The smallest absolute Gasteiger partial charge is 0.149 e. The molecule has 2 rings (SSSR count). The monoisotopic (exact) mass is 265 g/mol. The maximum absolute atomic E-state index is 13.5. The number of nitrogens with one attached hydrogen (secondary N) is 1. The molecule has 0 aliphatic heterocycles. The number of anilines is 1. The van der Waals surface area contributed by atoms with Gasteiger partial charge in [0.05, 0.1) is 12.4 Å². The fraction of sp³-hybridized carbons (Fsp3) is 0.231. The van der Waals surface area contributed by atoms with Gasteiger partial charge in [0.1, 0.15) is 16.8 Å². The normalized spacial score (nSPS) is 10.4. The Kier molecular flexibility index (Phi) is 3.77. The second-order valence-corrected chi connectivity index (χ2v) is 4.51. The first kappa shape index (κ1) is 12.8. The third-order valence-corrected chi connectivity index (χ3v) is 2.76. The van der Waals surface area contributed by atoms with E-state index in [1.54, 1.807) is 20.0 Å². The summed E-state index contributed by atoms with van der Waals surface area (Å²) in [5.74, 6) is 0.448. The van der Waals surface area contributed by atoms with E-state index in [1.807, 2.05) is 12.1 Å². The molecule has 0 aliphatic rings. The van der Waals surface area contributed by atoms with Gasteiger partial charge in [-0.25, -0.2) is 9.37 Å². The Hall–Kier alpha value is -1.68. The number of halogens is 2. The lowest BCUT2D eigenvalue weighted by Gasteiger charge is -2.08. The summed E-state index contributed by atoms with van der Waals surface area (Å²) in [6.45, 7) is 4.06. The lowest BCUT2D eigenvalue weighted by Crippen LogP contribution is -2.03. The third-order valence-electron chi connectivity index (χ3n) is 2.58. The molecule has 94 valence electrons. The maximum Gasteiger partial charge on any atom is 0.149 e. The highest BCUT2D eigenvalue weighted by atomic mass is 35.5. The summed E-state index contributed by atoms with van der Waals surface area (Å²) < 4.78 is 13.5. The summed E-state index contributed by atoms with van der Waals surface area (Å²) in [7, 11) is 0. The Bertz CT molecular complexity index is 549. The van der Waals surface area contributed by atoms with E-state index in [9.17, 15) is 4.39 Å². The van der Waals surface area contributed by atoms with Gasteiger partial charge < -0.3 is 5.32 Å². The van der Waals surface area contributed by atoms with Crippen LogP contribution in [0.3, 0.4) is 0 Å². The predicted molar refractivity (Wildman–Crippen MR) is 70.2 cm³/mol. The lowest BCUT2D eigenvalue weighted by atomic mass is 10.1. The number of hydrogen-bond donors (Lipinski definition) is 1. The van der Waals surface area contributed by atoms with Crippen LogP contribution in [-0.4, -0.2) is 9.97 Å². The highest BCUT2D eigenvalue weighted by molar-refractivity contribution is 6.29. The molecule has 1 N–H and O–H groups in total. The van der Waals surface area contributed by atoms with Crippen molar-refractivity contribution in [1.82, 2.24) is 9.97 Å². The molecule has 0 radical (unpaired) electrons. The Labute approximate surface area is 110 Å². The molecule has 0 aliphatic carbocycles. The van der Waals surface area contributed by atoms with Crippen molar-refractivity contribution in [3.05, 3.63) is 52.2 Å². The molecule has 0 saturated heterocycles. The van der Waals surface area contributed by atoms with Crippen molar-refractivity contribution in [2.75, 3.05) is 5.32 Å². The van der Waals surface area contributed by atoms with E-state index in [0.29, 0.717) is 28.6 Å². The second kappa shape index (κ2) is 5.31. The van der Waals surface area contributed by atoms with Gasteiger partial charge in [0.2, 0.25) is 0 Å². The topological polar surface area (TPSA) is 37.8 Å². The van der Waals surface area contributed by atoms with E-state index < -0.39 is 0 Å². The minimum absolute atomic E-state index is 0.152. The molecule has 3 nitrogen and oxygen atoms in total. The standard InChI is InChI=1S/C13H13ClFN3/c1-8-3-10(4-9(2)13(8)15)5-17-12-7-16-6-11(14)18-12/h3-4,6-7H,5H2,1-2H3,(H,17,18). The lowest BCUT2D eigenvalue weighted by molar-refractivity contribution is 0.608. The van der Waals surface area contributed by atoms with Gasteiger partial charge in [-0.3, -0.25) is 4.98 Å². The molecule has 0 bridgehead atoms. The quantitative estimate of drug-likeness (QED) is 0.923. The van der Waals surface area contributed by atoms with Crippen LogP contribution in [0.15, 0.2) is 24.5 Å². The van der Waals surface area contributed by atoms with Gasteiger partial charge in [0.25, 0.3) is 0 Å². The largest absolute Gasteiger partial charge is 0.365 e. The van der Waals surface area contributed by atoms with Crippen LogP contribution in [0, 0.1) is 19.7 Å². The van der Waals surface area contributed by atoms with Gasteiger partial charge >= 0.3 is 0 Å². The fourth-order valence-electron chi connectivity index (χ4n) is 1.76. The molecule has 1 heterocycles. The van der Waals surface area contributed by atoms with Crippen molar-refractivity contribution in [2.45, 2.75) is 20.4 Å². The number of rotatable bonds is 3. The molecule has 0 atom stereocenters. The van der Waals surface area contributed by atoms with E-state index in [2.05, 4.69) is 15.3 Å². The Balaban J connectivity index is 2.11. The number of hydrogen-bond acceptors (Lipinski definition) is 3. The summed E-state index contributed by atoms with van der Waals surface area (Å²) in [5.41, 5.74) is 2.28. The summed E-state index contributed by atoms with van der Waals surface area (Å²) in [6.07, 6.45) is 3.06. The van der Waals surface area contributed by atoms with Crippen molar-refractivity contribution in [1.29, 1.82) is 0 Å². The molecule has 5 heteroatoms. The maximum atomic E-state index is 13.5. The minimum Gasteiger partial charge on any atom is -0.365 e. The Morgan fingerprint density at radius 1 is 1.22 bits per heavy atom. The van der Waals surface area contributed by atoms with Crippen LogP contribution in [-0.2, 0) is 6.54 Å². The first-order chi connectivity index (χ1) is 8.56. The van der Waals surface area contributed by atoms with E-state index in [1.165, 1.54) is 6.20 Å². The van der Waals surface area contributed by atoms with Crippen LogP contribution in [0.1, 0.15) is 16.7 Å². The molecule has 0 amide bonds. The van der Waals surface area contributed by atoms with Crippen LogP contribution in [0.5, 0.6) is 0 Å². The highest BCUT2D eigenvalue weighted by Crippen LogP contribution is 2.16. The molecule has 1 aromatic heterocycles. The summed E-state index contributed by atoms with van der Waals surface area (Å²) in [6, 6.07) is 3.63. The first-order valence-electron chi connectivity index (χ1n) is 5.53. The summed E-state index contributed by atoms with van der Waals surface area (Å²) in [5, 5.41) is 3.43. The number of aromatic nitrogens is 2. The van der Waals surface area contributed by atoms with E-state index in [4.69, 9.17) is 11.6 Å². The van der Waals surface area contributed by atoms with Gasteiger partial charge in [0.15, 0.2) is 0 Å². The number of benzene rings is 1. The van der Waals surface area contributed by atoms with Crippen molar-refractivity contribution in [3.63, 3.8) is 0 Å². The van der Waals surface area contributed by atoms with Gasteiger partial charge in [-0.2, -0.15) is 0 Å². The zero-order valence-corrected chi connectivity index (χ0v) is 10.9. The molecule has 0 saturated carbocycles. The van der Waals surface area contributed by atoms with E-state index >= 15 is 0 Å². The Morgan fingerprint density at radius 3 is 2.50 bits per heavy atom. The molecule has 2 aromatic rings. The van der Waals surface area contributed by atoms with Crippen LogP contribution in [0.4, 0.5) is 10.2 Å². The Morgan fingerprint density at radius 2 is 1.89 bits per heavy atom. The molecule has 0 fully saturated rings. The molecule has 18 heavy (non-hydrogen) atoms. The molecular formula is C13H13ClFN3. The average Bonchev–Trinajstić information content (AvgIpc) is 2.33. The second-order valence-electron chi connectivity index (χ2n) is 4.12. The molecular weight excluding hydrogens is 253 g/mol. The average molecular weight is 266 g/mol. The zero-order valence-electron chi connectivity index (χ0n) is 10.2. The minimum atomic E-state index is -0.152. The van der Waals surface area contributed by atoms with Gasteiger partial charge in [-0.1, -0.05) is 23.7 Å². The highest BCUT2D eigenvalue weighted by Gasteiger charge is 2.04. The van der Waals surface area contributed by atoms with Crippen LogP contribution in [0.2, 0.25) is 5.15 Å². The fourth-order valence-corrected chi connectivity index (χ4v) is 1.91. The van der Waals surface area contributed by atoms with Crippen molar-refractivity contribution < 1.29 is 4.39 Å². The van der Waals surface area contributed by atoms with Gasteiger partial charge in [0, 0.05) is 6.54 Å². The summed E-state index contributed by atoms with van der Waals surface area (Å²) in [4.78, 5) is 8.00. The molecule has 0 spiro atoms. The van der Waals surface area contributed by atoms with Crippen LogP contribution < -0.4 is 5.32 Å². The van der Waals surface area contributed by atoms with Gasteiger partial charge in [-0.05, 0) is 30.5 Å². The van der Waals surface area contributed by atoms with E-state index in [-0.39, 0.29) is 5.82 Å². The molecule has 0 unspecified atom stereocenters. The third kappa shape index (κ3) is 2.96.